The quantitative estimate of drug-likeness (QED) is 0.568. The summed E-state index contributed by atoms with van der Waals surface area (Å²) in [6, 6.07) is -2.04. The molecule has 1 saturated heterocycles. The van der Waals surface area contributed by atoms with E-state index >= 15 is 0 Å². The molecule has 0 unspecified atom stereocenters. The van der Waals surface area contributed by atoms with Crippen LogP contribution in [-0.4, -0.2) is 84.0 Å². The second-order valence-electron chi connectivity index (χ2n) is 6.52. The Balaban J connectivity index is 2.92. The first-order valence-electron chi connectivity index (χ1n) is 8.46. The lowest BCUT2D eigenvalue weighted by Gasteiger charge is -2.41. The third kappa shape index (κ3) is 4.91. The zero-order chi connectivity index (χ0) is 18.4. The van der Waals surface area contributed by atoms with Crippen molar-refractivity contribution in [2.75, 3.05) is 33.2 Å². The maximum absolute atomic E-state index is 12.9. The largest absolute Gasteiger partial charge is 0.480 e. The zero-order valence-corrected chi connectivity index (χ0v) is 15.2. The Labute approximate surface area is 143 Å². The summed E-state index contributed by atoms with van der Waals surface area (Å²) < 4.78 is 0. The number of carboxylic acids is 1. The number of piperazine rings is 1. The average Bonchev–Trinajstić information content (AvgIpc) is 2.56. The minimum absolute atomic E-state index is 0.135. The topological polar surface area (TPSA) is 102 Å². The fraction of sp³-hybridized carbons (Fsp3) is 0.812. The van der Waals surface area contributed by atoms with Gasteiger partial charge in [-0.15, -0.1) is 0 Å². The molecule has 0 aromatic rings. The van der Waals surface area contributed by atoms with Gasteiger partial charge in [0.15, 0.2) is 0 Å². The third-order valence-corrected chi connectivity index (χ3v) is 4.54. The highest BCUT2D eigenvalue weighted by Crippen LogP contribution is 2.15. The van der Waals surface area contributed by atoms with E-state index in [9.17, 15) is 19.5 Å². The van der Waals surface area contributed by atoms with Crippen LogP contribution in [0, 0.1) is 5.92 Å². The molecule has 138 valence electrons. The maximum Gasteiger partial charge on any atom is 0.327 e. The summed E-state index contributed by atoms with van der Waals surface area (Å²) in [5, 5.41) is 15.1. The number of carbonyl (C=O) groups is 3. The van der Waals surface area contributed by atoms with Gasteiger partial charge in [0.1, 0.15) is 12.1 Å². The van der Waals surface area contributed by atoms with Gasteiger partial charge >= 0.3 is 5.97 Å². The Hall–Kier alpha value is -1.67. The van der Waals surface area contributed by atoms with E-state index in [1.54, 1.807) is 14.0 Å². The molecule has 3 N–H and O–H groups in total. The number of nitrogens with one attached hydrogen (secondary N) is 2. The number of carboxylic acid groups (broad SMARTS) is 1. The summed E-state index contributed by atoms with van der Waals surface area (Å²) in [4.78, 5) is 40.0. The predicted molar refractivity (Wildman–Crippen MR) is 90.5 cm³/mol. The molecule has 0 aromatic carbocycles. The molecular weight excluding hydrogens is 312 g/mol. The maximum atomic E-state index is 12.9. The van der Waals surface area contributed by atoms with Crippen LogP contribution in [0.5, 0.6) is 0 Å². The molecule has 0 spiro atoms. The Morgan fingerprint density at radius 1 is 1.21 bits per heavy atom. The van der Waals surface area contributed by atoms with Gasteiger partial charge in [-0.3, -0.25) is 14.5 Å². The second kappa shape index (κ2) is 8.98. The molecule has 1 aliphatic rings. The summed E-state index contributed by atoms with van der Waals surface area (Å²) in [5.74, 6) is -1.75. The summed E-state index contributed by atoms with van der Waals surface area (Å²) in [7, 11) is 1.67. The summed E-state index contributed by atoms with van der Waals surface area (Å²) in [6.07, 6.45) is 0. The van der Waals surface area contributed by atoms with E-state index in [1.807, 2.05) is 25.7 Å². The number of amides is 2. The highest BCUT2D eigenvalue weighted by Gasteiger charge is 2.39. The van der Waals surface area contributed by atoms with Crippen molar-refractivity contribution in [3.8, 4) is 0 Å². The van der Waals surface area contributed by atoms with Crippen LogP contribution in [0.1, 0.15) is 27.7 Å². The van der Waals surface area contributed by atoms with Crippen molar-refractivity contribution in [2.24, 2.45) is 5.92 Å². The third-order valence-electron chi connectivity index (χ3n) is 4.54. The molecule has 1 heterocycles. The fourth-order valence-electron chi connectivity index (χ4n) is 2.70. The predicted octanol–water partition coefficient (Wildman–Crippen LogP) is -0.648. The molecule has 2 amide bonds. The molecule has 0 saturated carbocycles. The van der Waals surface area contributed by atoms with Crippen molar-refractivity contribution < 1.29 is 19.5 Å². The molecule has 8 nitrogen and oxygen atoms in total. The standard InChI is InChI=1S/C16H30N4O4/c1-6-19-7-8-20(12(9-19)16(23)24)15(22)13(10(2)3)18-14(21)11(4)17-5/h10-13,17H,6-9H2,1-5H3,(H,18,21)(H,23,24)/t11-,12-,13-/m0/s1. The molecule has 1 rings (SSSR count). The van der Waals surface area contributed by atoms with Crippen LogP contribution in [0.4, 0.5) is 0 Å². The van der Waals surface area contributed by atoms with Crippen molar-refractivity contribution in [1.82, 2.24) is 20.4 Å². The van der Waals surface area contributed by atoms with Crippen molar-refractivity contribution in [2.45, 2.75) is 45.8 Å². The van der Waals surface area contributed by atoms with Crippen LogP contribution >= 0.6 is 0 Å². The van der Waals surface area contributed by atoms with Crippen molar-refractivity contribution in [3.63, 3.8) is 0 Å². The molecule has 1 aliphatic heterocycles. The van der Waals surface area contributed by atoms with Gasteiger partial charge in [-0.05, 0) is 26.4 Å². The molecule has 0 bridgehead atoms. The van der Waals surface area contributed by atoms with Crippen LogP contribution in [0.25, 0.3) is 0 Å². The van der Waals surface area contributed by atoms with Gasteiger partial charge in [-0.1, -0.05) is 20.8 Å². The first-order valence-corrected chi connectivity index (χ1v) is 8.46. The molecule has 24 heavy (non-hydrogen) atoms. The summed E-state index contributed by atoms with van der Waals surface area (Å²) >= 11 is 0. The van der Waals surface area contributed by atoms with Crippen molar-refractivity contribution in [3.05, 3.63) is 0 Å². The summed E-state index contributed by atoms with van der Waals surface area (Å²) in [5.41, 5.74) is 0. The number of carbonyl (C=O) groups excluding carboxylic acids is 2. The van der Waals surface area contributed by atoms with E-state index in [1.165, 1.54) is 4.90 Å². The Morgan fingerprint density at radius 3 is 2.29 bits per heavy atom. The average molecular weight is 342 g/mol. The first kappa shape index (κ1) is 20.4. The first-order chi connectivity index (χ1) is 11.2. The lowest BCUT2D eigenvalue weighted by Crippen LogP contribution is -2.63. The van der Waals surface area contributed by atoms with Gasteiger partial charge in [0.05, 0.1) is 6.04 Å². The van der Waals surface area contributed by atoms with E-state index in [0.29, 0.717) is 19.6 Å². The Bertz CT molecular complexity index is 469. The summed E-state index contributed by atoms with van der Waals surface area (Å²) in [6.45, 7) is 9.39. The number of rotatable bonds is 7. The zero-order valence-electron chi connectivity index (χ0n) is 15.2. The monoisotopic (exact) mass is 342 g/mol. The van der Waals surface area contributed by atoms with E-state index in [4.69, 9.17) is 0 Å². The smallest absolute Gasteiger partial charge is 0.327 e. The van der Waals surface area contributed by atoms with Gasteiger partial charge in [-0.25, -0.2) is 4.79 Å². The Morgan fingerprint density at radius 2 is 1.83 bits per heavy atom. The molecular formula is C16H30N4O4. The molecule has 0 radical (unpaired) electrons. The molecule has 0 aliphatic carbocycles. The number of hydrogen-bond acceptors (Lipinski definition) is 5. The van der Waals surface area contributed by atoms with Crippen LogP contribution in [0.15, 0.2) is 0 Å². The van der Waals surface area contributed by atoms with Gasteiger partial charge in [0.25, 0.3) is 0 Å². The minimum atomic E-state index is -1.01. The molecule has 1 fully saturated rings. The lowest BCUT2D eigenvalue weighted by molar-refractivity contribution is -0.155. The van der Waals surface area contributed by atoms with Crippen molar-refractivity contribution in [1.29, 1.82) is 0 Å². The Kier molecular flexibility index (Phi) is 7.62. The molecule has 0 aromatic heterocycles. The van der Waals surface area contributed by atoms with Crippen LogP contribution in [0.3, 0.4) is 0 Å². The number of aliphatic carboxylic acids is 1. The lowest BCUT2D eigenvalue weighted by atomic mass is 10.00. The second-order valence-corrected chi connectivity index (χ2v) is 6.52. The van der Waals surface area contributed by atoms with Crippen LogP contribution in [-0.2, 0) is 14.4 Å². The van der Waals surface area contributed by atoms with E-state index < -0.39 is 24.1 Å². The van der Waals surface area contributed by atoms with E-state index in [2.05, 4.69) is 10.6 Å². The number of likely N-dealkylation sites (N-methyl/N-ethyl adjacent to an activating group) is 2. The molecule has 8 heteroatoms. The van der Waals surface area contributed by atoms with Crippen LogP contribution < -0.4 is 10.6 Å². The SMILES string of the molecule is CCN1CCN(C(=O)[C@@H](NC(=O)[C@H](C)NC)C(C)C)[C@H](C(=O)O)C1. The molecule has 3 atom stereocenters. The van der Waals surface area contributed by atoms with E-state index in [-0.39, 0.29) is 17.7 Å². The van der Waals surface area contributed by atoms with Gasteiger partial charge in [0, 0.05) is 19.6 Å². The normalized spacial score (nSPS) is 21.4. The van der Waals surface area contributed by atoms with Gasteiger partial charge in [-0.2, -0.15) is 0 Å². The van der Waals surface area contributed by atoms with E-state index in [0.717, 1.165) is 6.54 Å². The highest BCUT2D eigenvalue weighted by atomic mass is 16.4. The van der Waals surface area contributed by atoms with Crippen molar-refractivity contribution >= 4 is 17.8 Å². The number of nitrogens with zero attached hydrogens (tertiary/aromatic N) is 2. The minimum Gasteiger partial charge on any atom is -0.480 e. The van der Waals surface area contributed by atoms with Gasteiger partial charge < -0.3 is 20.6 Å². The highest BCUT2D eigenvalue weighted by molar-refractivity contribution is 5.92. The number of hydrogen-bond donors (Lipinski definition) is 3. The van der Waals surface area contributed by atoms with Crippen LogP contribution in [0.2, 0.25) is 0 Å². The fourth-order valence-corrected chi connectivity index (χ4v) is 2.70. The van der Waals surface area contributed by atoms with Gasteiger partial charge in [0.2, 0.25) is 11.8 Å².